The van der Waals surface area contributed by atoms with E-state index in [1.165, 1.54) is 0 Å². The zero-order valence-corrected chi connectivity index (χ0v) is 15.8. The van der Waals surface area contributed by atoms with E-state index in [0.717, 1.165) is 34.2 Å². The Bertz CT molecular complexity index is 828. The molecular formula is C24H28O2. The van der Waals surface area contributed by atoms with Gasteiger partial charge in [-0.2, -0.15) is 0 Å². The minimum absolute atomic E-state index is 0.142. The summed E-state index contributed by atoms with van der Waals surface area (Å²) >= 11 is 0. The van der Waals surface area contributed by atoms with Crippen molar-refractivity contribution in [3.05, 3.63) is 90.5 Å². The van der Waals surface area contributed by atoms with E-state index in [0.29, 0.717) is 18.6 Å². The maximum Gasteiger partial charge on any atom is 0.119 e. The van der Waals surface area contributed by atoms with Crippen LogP contribution < -0.4 is 0 Å². The molecule has 0 aromatic heterocycles. The van der Waals surface area contributed by atoms with Gasteiger partial charge in [-0.05, 0) is 70.7 Å². The molecule has 0 spiro atoms. The lowest BCUT2D eigenvalue weighted by Crippen LogP contribution is -2.18. The van der Waals surface area contributed by atoms with Crippen LogP contribution in [0.15, 0.2) is 68.3 Å². The monoisotopic (exact) mass is 348 g/mol. The number of aromatic hydroxyl groups is 2. The quantitative estimate of drug-likeness (QED) is 0.580. The normalized spacial score (nSPS) is 11.2. The fraction of sp³-hybridized carbons (Fsp3) is 0.250. The molecule has 0 radical (unpaired) electrons. The third kappa shape index (κ3) is 4.45. The molecule has 2 aromatic rings. The number of rotatable bonds is 8. The minimum Gasteiger partial charge on any atom is -0.508 e. The van der Waals surface area contributed by atoms with E-state index in [9.17, 15) is 10.2 Å². The Hall–Kier alpha value is -2.74. The first kappa shape index (κ1) is 19.6. The van der Waals surface area contributed by atoms with Gasteiger partial charge in [-0.15, -0.1) is 13.2 Å². The van der Waals surface area contributed by atoms with Crippen LogP contribution in [0.3, 0.4) is 0 Å². The molecule has 0 heterocycles. The molecule has 2 nitrogen and oxygen atoms in total. The predicted molar refractivity (Wildman–Crippen MR) is 111 cm³/mol. The number of benzene rings is 2. The van der Waals surface area contributed by atoms with E-state index < -0.39 is 0 Å². The van der Waals surface area contributed by atoms with Gasteiger partial charge in [0, 0.05) is 0 Å². The van der Waals surface area contributed by atoms with Crippen molar-refractivity contribution in [1.29, 1.82) is 0 Å². The van der Waals surface area contributed by atoms with Crippen LogP contribution in [-0.2, 0) is 18.3 Å². The number of allylic oxidation sites excluding steroid dienone is 3. The van der Waals surface area contributed by atoms with Crippen LogP contribution >= 0.6 is 0 Å². The van der Waals surface area contributed by atoms with Gasteiger partial charge in [-0.3, -0.25) is 0 Å². The largest absolute Gasteiger partial charge is 0.508 e. The summed E-state index contributed by atoms with van der Waals surface area (Å²) in [5.74, 6) is 0.587. The Labute approximate surface area is 156 Å². The van der Waals surface area contributed by atoms with E-state index in [1.807, 2.05) is 24.3 Å². The highest BCUT2D eigenvalue weighted by molar-refractivity contribution is 5.66. The molecule has 0 unspecified atom stereocenters. The molecule has 136 valence electrons. The standard InChI is InChI=1S/C24H28O2/c1-6-8-19-14-18(10-12-22(19)25)17(3)16-24(4,5)21-11-13-23(26)20(15-21)9-7-2/h6-7,10-15,25-26H,1-3,8-9,16H2,4-5H3. The fourth-order valence-electron chi connectivity index (χ4n) is 3.19. The number of hydrogen-bond donors (Lipinski definition) is 2. The van der Waals surface area contributed by atoms with Gasteiger partial charge in [0.2, 0.25) is 0 Å². The maximum absolute atomic E-state index is 10.0. The third-order valence-electron chi connectivity index (χ3n) is 4.73. The fourth-order valence-corrected chi connectivity index (χ4v) is 3.19. The van der Waals surface area contributed by atoms with Crippen molar-refractivity contribution in [2.75, 3.05) is 0 Å². The second-order valence-electron chi connectivity index (χ2n) is 7.34. The van der Waals surface area contributed by atoms with Crippen LogP contribution in [0.4, 0.5) is 0 Å². The SMILES string of the molecule is C=CCc1cc(C(=C)CC(C)(C)c2ccc(O)c(CC=C)c2)ccc1O. The molecule has 2 aromatic carbocycles. The van der Waals surface area contributed by atoms with Gasteiger partial charge in [0.15, 0.2) is 0 Å². The first-order chi connectivity index (χ1) is 12.3. The van der Waals surface area contributed by atoms with Crippen molar-refractivity contribution in [3.63, 3.8) is 0 Å². The average molecular weight is 348 g/mol. The van der Waals surface area contributed by atoms with E-state index in [-0.39, 0.29) is 11.2 Å². The first-order valence-electron chi connectivity index (χ1n) is 8.82. The topological polar surface area (TPSA) is 40.5 Å². The molecule has 0 aliphatic heterocycles. The molecule has 0 saturated heterocycles. The summed E-state index contributed by atoms with van der Waals surface area (Å²) < 4.78 is 0. The van der Waals surface area contributed by atoms with Crippen LogP contribution in [0, 0.1) is 0 Å². The average Bonchev–Trinajstić information content (AvgIpc) is 2.58. The summed E-state index contributed by atoms with van der Waals surface area (Å²) in [4.78, 5) is 0. The van der Waals surface area contributed by atoms with Crippen LogP contribution in [0.25, 0.3) is 5.57 Å². The van der Waals surface area contributed by atoms with Crippen molar-refractivity contribution in [3.8, 4) is 11.5 Å². The summed E-state index contributed by atoms with van der Waals surface area (Å²) in [7, 11) is 0. The van der Waals surface area contributed by atoms with Crippen LogP contribution in [0.2, 0.25) is 0 Å². The van der Waals surface area contributed by atoms with Gasteiger partial charge in [0.05, 0.1) is 0 Å². The molecule has 2 heteroatoms. The van der Waals surface area contributed by atoms with Crippen LogP contribution in [-0.4, -0.2) is 10.2 Å². The minimum atomic E-state index is -0.142. The number of hydrogen-bond acceptors (Lipinski definition) is 2. The molecule has 0 fully saturated rings. The van der Waals surface area contributed by atoms with Crippen molar-refractivity contribution >= 4 is 5.57 Å². The van der Waals surface area contributed by atoms with Gasteiger partial charge < -0.3 is 10.2 Å². The Kier molecular flexibility index (Phi) is 6.10. The third-order valence-corrected chi connectivity index (χ3v) is 4.73. The maximum atomic E-state index is 10.0. The van der Waals surface area contributed by atoms with E-state index in [4.69, 9.17) is 0 Å². The Morgan fingerprint density at radius 3 is 2.04 bits per heavy atom. The lowest BCUT2D eigenvalue weighted by Gasteiger charge is -2.27. The summed E-state index contributed by atoms with van der Waals surface area (Å²) in [5, 5.41) is 20.0. The van der Waals surface area contributed by atoms with E-state index >= 15 is 0 Å². The summed E-state index contributed by atoms with van der Waals surface area (Å²) in [5.41, 5.74) is 4.79. The molecule has 0 saturated carbocycles. The van der Waals surface area contributed by atoms with Gasteiger partial charge in [0.1, 0.15) is 11.5 Å². The molecule has 26 heavy (non-hydrogen) atoms. The predicted octanol–water partition coefficient (Wildman–Crippen LogP) is 5.94. The summed E-state index contributed by atoms with van der Waals surface area (Å²) in [6, 6.07) is 11.4. The highest BCUT2D eigenvalue weighted by Crippen LogP contribution is 2.36. The number of phenols is 2. The summed E-state index contributed by atoms with van der Waals surface area (Å²) in [6.07, 6.45) is 5.61. The van der Waals surface area contributed by atoms with Crippen molar-refractivity contribution < 1.29 is 10.2 Å². The molecule has 0 bridgehead atoms. The second kappa shape index (κ2) is 8.09. The highest BCUT2D eigenvalue weighted by atomic mass is 16.3. The van der Waals surface area contributed by atoms with Crippen molar-refractivity contribution in [2.45, 2.75) is 38.5 Å². The van der Waals surface area contributed by atoms with Crippen molar-refractivity contribution in [2.24, 2.45) is 0 Å². The number of phenolic OH excluding ortho intramolecular Hbond substituents is 2. The lowest BCUT2D eigenvalue weighted by molar-refractivity contribution is 0.467. The molecule has 2 rings (SSSR count). The molecule has 0 aliphatic carbocycles. The van der Waals surface area contributed by atoms with Gasteiger partial charge >= 0.3 is 0 Å². The van der Waals surface area contributed by atoms with Crippen LogP contribution in [0.1, 0.15) is 42.5 Å². The summed E-state index contributed by atoms with van der Waals surface area (Å²) in [6.45, 7) is 16.1. The Morgan fingerprint density at radius 1 is 0.923 bits per heavy atom. The van der Waals surface area contributed by atoms with Crippen molar-refractivity contribution in [1.82, 2.24) is 0 Å². The van der Waals surface area contributed by atoms with Gasteiger partial charge in [-0.25, -0.2) is 0 Å². The molecule has 0 amide bonds. The molecule has 2 N–H and O–H groups in total. The molecular weight excluding hydrogens is 320 g/mol. The molecule has 0 atom stereocenters. The Balaban J connectivity index is 2.27. The zero-order chi connectivity index (χ0) is 19.3. The Morgan fingerprint density at radius 2 is 1.46 bits per heavy atom. The van der Waals surface area contributed by atoms with Gasteiger partial charge in [0.25, 0.3) is 0 Å². The van der Waals surface area contributed by atoms with Crippen LogP contribution in [0.5, 0.6) is 11.5 Å². The second-order valence-corrected chi connectivity index (χ2v) is 7.34. The highest BCUT2D eigenvalue weighted by Gasteiger charge is 2.23. The smallest absolute Gasteiger partial charge is 0.119 e. The first-order valence-corrected chi connectivity index (χ1v) is 8.82. The lowest BCUT2D eigenvalue weighted by atomic mass is 9.77. The van der Waals surface area contributed by atoms with E-state index in [1.54, 1.807) is 24.3 Å². The van der Waals surface area contributed by atoms with E-state index in [2.05, 4.69) is 33.6 Å². The van der Waals surface area contributed by atoms with Gasteiger partial charge in [-0.1, -0.05) is 50.8 Å². The molecule has 0 aliphatic rings. The zero-order valence-electron chi connectivity index (χ0n) is 15.8.